The molecule has 2 amide bonds. The Morgan fingerprint density at radius 1 is 1.33 bits per heavy atom. The Balaban J connectivity index is 1.95. The van der Waals surface area contributed by atoms with Gasteiger partial charge in [-0.25, -0.2) is 4.79 Å². The van der Waals surface area contributed by atoms with Crippen molar-refractivity contribution in [3.8, 4) is 0 Å². The summed E-state index contributed by atoms with van der Waals surface area (Å²) in [7, 11) is 1.66. The highest BCUT2D eigenvalue weighted by Gasteiger charge is 2.35. The molecule has 1 N–H and O–H groups in total. The van der Waals surface area contributed by atoms with Crippen molar-refractivity contribution in [1.29, 1.82) is 0 Å². The summed E-state index contributed by atoms with van der Waals surface area (Å²) in [6.45, 7) is 2.19. The summed E-state index contributed by atoms with van der Waals surface area (Å²) in [4.78, 5) is 25.4. The second-order valence-electron chi connectivity index (χ2n) is 5.16. The summed E-state index contributed by atoms with van der Waals surface area (Å²) in [5.74, 6) is 0.692. The minimum absolute atomic E-state index is 0.0172. The number of rotatable bonds is 0. The van der Waals surface area contributed by atoms with E-state index in [0.717, 1.165) is 25.2 Å². The van der Waals surface area contributed by atoms with Crippen LogP contribution >= 0.6 is 0 Å². The molecule has 0 aliphatic carbocycles. The lowest BCUT2D eigenvalue weighted by molar-refractivity contribution is 0.132. The number of carbonyl (C=O) groups is 1. The van der Waals surface area contributed by atoms with Crippen LogP contribution in [0.3, 0.4) is 0 Å². The van der Waals surface area contributed by atoms with E-state index in [0.29, 0.717) is 18.4 Å². The van der Waals surface area contributed by atoms with E-state index in [1.165, 1.54) is 0 Å². The minimum atomic E-state index is -0.0172. The van der Waals surface area contributed by atoms with Gasteiger partial charge in [-0.1, -0.05) is 6.07 Å². The standard InChI is InChI=1S/C13H17N3O2/c1-14-13(18)15-6-9-5-10(8-15)11-3-2-4-12(17)16(11)7-9/h2-4,9-10H,5-8H2,1H3,(H,14,18)/t9-,10+/m0/s1. The molecule has 3 heterocycles. The number of hydrogen-bond donors (Lipinski definition) is 1. The maximum Gasteiger partial charge on any atom is 0.317 e. The number of urea groups is 1. The van der Waals surface area contributed by atoms with E-state index < -0.39 is 0 Å². The number of nitrogens with one attached hydrogen (secondary N) is 1. The first-order chi connectivity index (χ1) is 8.69. The summed E-state index contributed by atoms with van der Waals surface area (Å²) in [5.41, 5.74) is 1.16. The number of fused-ring (bicyclic) bond motifs is 4. The van der Waals surface area contributed by atoms with Crippen molar-refractivity contribution in [3.05, 3.63) is 34.2 Å². The van der Waals surface area contributed by atoms with Gasteiger partial charge < -0.3 is 14.8 Å². The Kier molecular flexibility index (Phi) is 2.61. The van der Waals surface area contributed by atoms with Crippen LogP contribution in [-0.2, 0) is 6.54 Å². The van der Waals surface area contributed by atoms with Crippen molar-refractivity contribution < 1.29 is 4.79 Å². The molecule has 0 radical (unpaired) electrons. The van der Waals surface area contributed by atoms with Crippen LogP contribution in [0.25, 0.3) is 0 Å². The third-order valence-electron chi connectivity index (χ3n) is 3.98. The first kappa shape index (κ1) is 11.3. The van der Waals surface area contributed by atoms with Crippen molar-refractivity contribution in [2.75, 3.05) is 20.1 Å². The van der Waals surface area contributed by atoms with E-state index in [-0.39, 0.29) is 11.6 Å². The van der Waals surface area contributed by atoms with Crippen LogP contribution in [-0.4, -0.2) is 35.6 Å². The number of pyridine rings is 1. The lowest BCUT2D eigenvalue weighted by Crippen LogP contribution is -2.51. The molecule has 1 fully saturated rings. The number of hydrogen-bond acceptors (Lipinski definition) is 2. The van der Waals surface area contributed by atoms with Gasteiger partial charge in [-0.2, -0.15) is 0 Å². The predicted octanol–water partition coefficient (Wildman–Crippen LogP) is 0.607. The Morgan fingerprint density at radius 3 is 2.94 bits per heavy atom. The summed E-state index contributed by atoms with van der Waals surface area (Å²) < 4.78 is 1.88. The maximum absolute atomic E-state index is 11.8. The van der Waals surface area contributed by atoms with E-state index >= 15 is 0 Å². The van der Waals surface area contributed by atoms with E-state index in [1.54, 1.807) is 13.1 Å². The lowest BCUT2D eigenvalue weighted by atomic mass is 9.83. The smallest absolute Gasteiger partial charge is 0.317 e. The molecule has 0 saturated carbocycles. The molecule has 2 aliphatic heterocycles. The van der Waals surface area contributed by atoms with Crippen LogP contribution in [0.4, 0.5) is 4.79 Å². The summed E-state index contributed by atoms with van der Waals surface area (Å²) in [6, 6.07) is 5.42. The number of piperidine rings is 1. The second-order valence-corrected chi connectivity index (χ2v) is 5.16. The van der Waals surface area contributed by atoms with E-state index in [9.17, 15) is 9.59 Å². The maximum atomic E-state index is 11.8. The molecule has 3 rings (SSSR count). The molecular formula is C13H17N3O2. The van der Waals surface area contributed by atoms with Crippen molar-refractivity contribution >= 4 is 6.03 Å². The molecule has 5 nitrogen and oxygen atoms in total. The third kappa shape index (κ3) is 1.70. The molecule has 2 atom stereocenters. The van der Waals surface area contributed by atoms with E-state index in [1.807, 2.05) is 21.6 Å². The molecule has 0 unspecified atom stereocenters. The molecule has 2 bridgehead atoms. The second kappa shape index (κ2) is 4.15. The first-order valence-corrected chi connectivity index (χ1v) is 6.35. The fraction of sp³-hybridized carbons (Fsp3) is 0.538. The van der Waals surface area contributed by atoms with Gasteiger partial charge in [0.2, 0.25) is 0 Å². The van der Waals surface area contributed by atoms with Gasteiger partial charge in [0.25, 0.3) is 5.56 Å². The van der Waals surface area contributed by atoms with Gasteiger partial charge in [-0.15, -0.1) is 0 Å². The number of nitrogens with zero attached hydrogens (tertiary/aromatic N) is 2. The van der Waals surface area contributed by atoms with Crippen LogP contribution in [0.5, 0.6) is 0 Å². The molecule has 5 heteroatoms. The zero-order chi connectivity index (χ0) is 12.7. The summed E-state index contributed by atoms with van der Waals surface area (Å²) in [5, 5.41) is 2.68. The van der Waals surface area contributed by atoms with Gasteiger partial charge in [-0.05, 0) is 18.4 Å². The van der Waals surface area contributed by atoms with Crippen molar-refractivity contribution in [2.24, 2.45) is 5.92 Å². The Bertz CT molecular complexity index is 537. The minimum Gasteiger partial charge on any atom is -0.341 e. The number of amides is 2. The van der Waals surface area contributed by atoms with Crippen molar-refractivity contribution in [3.63, 3.8) is 0 Å². The van der Waals surface area contributed by atoms with Crippen molar-refractivity contribution in [1.82, 2.24) is 14.8 Å². The normalized spacial score (nSPS) is 25.5. The predicted molar refractivity (Wildman–Crippen MR) is 67.6 cm³/mol. The zero-order valence-electron chi connectivity index (χ0n) is 10.4. The lowest BCUT2D eigenvalue weighted by Gasteiger charge is -2.42. The van der Waals surface area contributed by atoms with Crippen LogP contribution in [0, 0.1) is 5.92 Å². The first-order valence-electron chi connectivity index (χ1n) is 6.35. The van der Waals surface area contributed by atoms with E-state index in [4.69, 9.17) is 0 Å². The SMILES string of the molecule is CNC(=O)N1C[C@@H]2C[C@H](C1)c1cccc(=O)n1C2. The van der Waals surface area contributed by atoms with E-state index in [2.05, 4.69) is 5.32 Å². The fourth-order valence-corrected chi connectivity index (χ4v) is 3.22. The molecule has 0 spiro atoms. The third-order valence-corrected chi connectivity index (χ3v) is 3.98. The molecule has 1 saturated heterocycles. The molecule has 1 aromatic heterocycles. The van der Waals surface area contributed by atoms with Crippen LogP contribution in [0.2, 0.25) is 0 Å². The summed E-state index contributed by atoms with van der Waals surface area (Å²) >= 11 is 0. The van der Waals surface area contributed by atoms with Crippen LogP contribution < -0.4 is 10.9 Å². The Hall–Kier alpha value is -1.78. The van der Waals surface area contributed by atoms with Crippen LogP contribution in [0.15, 0.2) is 23.0 Å². The highest BCUT2D eigenvalue weighted by molar-refractivity contribution is 5.74. The topological polar surface area (TPSA) is 54.3 Å². The molecule has 0 aromatic carbocycles. The molecule has 18 heavy (non-hydrogen) atoms. The molecule has 2 aliphatic rings. The fourth-order valence-electron chi connectivity index (χ4n) is 3.22. The molecule has 1 aromatic rings. The van der Waals surface area contributed by atoms with Gasteiger partial charge in [0.05, 0.1) is 0 Å². The Morgan fingerprint density at radius 2 is 2.17 bits per heavy atom. The highest BCUT2D eigenvalue weighted by atomic mass is 16.2. The molecular weight excluding hydrogens is 230 g/mol. The summed E-state index contributed by atoms with van der Waals surface area (Å²) in [6.07, 6.45) is 1.08. The average molecular weight is 247 g/mol. The van der Waals surface area contributed by atoms with Gasteiger partial charge in [-0.3, -0.25) is 4.79 Å². The zero-order valence-corrected chi connectivity index (χ0v) is 10.4. The van der Waals surface area contributed by atoms with Gasteiger partial charge in [0.15, 0.2) is 0 Å². The number of likely N-dealkylation sites (tertiary alicyclic amines) is 1. The van der Waals surface area contributed by atoms with Gasteiger partial charge >= 0.3 is 6.03 Å². The monoisotopic (exact) mass is 247 g/mol. The number of aromatic nitrogens is 1. The largest absolute Gasteiger partial charge is 0.341 e. The number of carbonyl (C=O) groups excluding carboxylic acids is 1. The molecule has 96 valence electrons. The van der Waals surface area contributed by atoms with Crippen molar-refractivity contribution in [2.45, 2.75) is 18.9 Å². The van der Waals surface area contributed by atoms with Gasteiger partial charge in [0, 0.05) is 44.4 Å². The highest BCUT2D eigenvalue weighted by Crippen LogP contribution is 2.34. The average Bonchev–Trinajstić information content (AvgIpc) is 2.39. The van der Waals surface area contributed by atoms with Crippen LogP contribution in [0.1, 0.15) is 18.0 Å². The van der Waals surface area contributed by atoms with Gasteiger partial charge in [0.1, 0.15) is 0 Å². The Labute approximate surface area is 105 Å². The quantitative estimate of drug-likeness (QED) is 0.730.